The number of hydrogen-bond acceptors (Lipinski definition) is 9. The average Bonchev–Trinajstić information content (AvgIpc) is 3.90. The quantitative estimate of drug-likeness (QED) is 0.379. The number of rotatable bonds is 6. The smallest absolute Gasteiger partial charge is 0.411 e. The van der Waals surface area contributed by atoms with E-state index >= 15 is 0 Å². The molecule has 0 radical (unpaired) electrons. The standard InChI is InChI=1S/C33H41N5O7S2.H2/c1-19-9-12-24(29-34-20(2)18-46-29)27(14-19)35-32(42)45-22-15-25-26(16-22)30(40)38(3)13-7-5-4-6-8-21-17-33(21,36-28(25)39)31(41)37-47(43,44)23-10-11-23;/h6,8-9,12,14,18,21-23,25-26H,4-5,7,10-11,13,15-17H2,1-3H3,(H,35,42)(H,36,39)(H,37,41);1H/b8-6-;/t21-,22-,25-,26-,33-;/m1./s1. The molecule has 1 aromatic heterocycles. The number of nitrogens with one attached hydrogen (secondary N) is 3. The van der Waals surface area contributed by atoms with E-state index in [1.807, 2.05) is 49.6 Å². The van der Waals surface area contributed by atoms with Crippen molar-refractivity contribution in [2.24, 2.45) is 17.8 Å². The maximum atomic E-state index is 13.9. The summed E-state index contributed by atoms with van der Waals surface area (Å²) in [6.07, 6.45) is 6.14. The summed E-state index contributed by atoms with van der Waals surface area (Å²) in [4.78, 5) is 60.5. The summed E-state index contributed by atoms with van der Waals surface area (Å²) < 4.78 is 33.3. The van der Waals surface area contributed by atoms with Crippen molar-refractivity contribution < 1.29 is 33.8 Å². The van der Waals surface area contributed by atoms with Crippen LogP contribution in [0.3, 0.4) is 0 Å². The Bertz CT molecular complexity index is 1730. The Morgan fingerprint density at radius 2 is 1.91 bits per heavy atom. The number of anilines is 1. The molecule has 5 atom stereocenters. The molecular formula is C33H43N5O7S2. The van der Waals surface area contributed by atoms with Gasteiger partial charge in [0.05, 0.1) is 22.8 Å². The van der Waals surface area contributed by atoms with Gasteiger partial charge in [0.2, 0.25) is 21.8 Å². The van der Waals surface area contributed by atoms with Crippen LogP contribution >= 0.6 is 11.3 Å². The zero-order valence-corrected chi connectivity index (χ0v) is 28.4. The fourth-order valence-electron chi connectivity index (χ4n) is 6.61. The molecule has 47 heavy (non-hydrogen) atoms. The van der Waals surface area contributed by atoms with E-state index in [2.05, 4.69) is 20.3 Å². The molecule has 3 aliphatic carbocycles. The molecule has 14 heteroatoms. The minimum Gasteiger partial charge on any atom is -0.446 e. The number of thiazole rings is 1. The molecule has 2 heterocycles. The van der Waals surface area contributed by atoms with Crippen LogP contribution in [0.2, 0.25) is 0 Å². The highest BCUT2D eigenvalue weighted by Gasteiger charge is 2.62. The third kappa shape index (κ3) is 7.23. The summed E-state index contributed by atoms with van der Waals surface area (Å²) in [7, 11) is -2.13. The Morgan fingerprint density at radius 3 is 2.64 bits per heavy atom. The first kappa shape index (κ1) is 33.1. The second kappa shape index (κ2) is 13.0. The maximum Gasteiger partial charge on any atom is 0.411 e. The highest BCUT2D eigenvalue weighted by atomic mass is 32.2. The monoisotopic (exact) mass is 685 g/mol. The van der Waals surface area contributed by atoms with Gasteiger partial charge in [0, 0.05) is 37.6 Å². The zero-order chi connectivity index (χ0) is 33.5. The van der Waals surface area contributed by atoms with Gasteiger partial charge >= 0.3 is 6.09 Å². The number of nitrogens with zero attached hydrogens (tertiary/aromatic N) is 2. The van der Waals surface area contributed by atoms with Crippen LogP contribution in [0.5, 0.6) is 0 Å². The van der Waals surface area contributed by atoms with E-state index in [0.29, 0.717) is 25.1 Å². The first-order valence-electron chi connectivity index (χ1n) is 16.2. The molecule has 6 rings (SSSR count). The second-order valence-electron chi connectivity index (χ2n) is 13.3. The van der Waals surface area contributed by atoms with Crippen molar-refractivity contribution in [3.8, 4) is 10.6 Å². The first-order chi connectivity index (χ1) is 22.4. The number of ether oxygens (including phenoxy) is 1. The fraction of sp³-hybridized carbons (Fsp3) is 0.545. The van der Waals surface area contributed by atoms with Crippen molar-refractivity contribution in [3.05, 3.63) is 47.0 Å². The molecular weight excluding hydrogens is 643 g/mol. The zero-order valence-electron chi connectivity index (χ0n) is 26.8. The van der Waals surface area contributed by atoms with Crippen LogP contribution in [0.25, 0.3) is 10.6 Å². The van der Waals surface area contributed by atoms with Crippen molar-refractivity contribution in [1.82, 2.24) is 19.9 Å². The predicted octanol–water partition coefficient (Wildman–Crippen LogP) is 4.30. The molecule has 3 fully saturated rings. The van der Waals surface area contributed by atoms with Crippen LogP contribution < -0.4 is 15.4 Å². The topological polar surface area (TPSA) is 164 Å². The van der Waals surface area contributed by atoms with Gasteiger partial charge in [0.15, 0.2) is 0 Å². The van der Waals surface area contributed by atoms with E-state index in [9.17, 15) is 27.6 Å². The van der Waals surface area contributed by atoms with Crippen LogP contribution in [-0.2, 0) is 29.1 Å². The molecule has 0 unspecified atom stereocenters. The van der Waals surface area contributed by atoms with Gasteiger partial charge in [-0.2, -0.15) is 0 Å². The van der Waals surface area contributed by atoms with Gasteiger partial charge in [-0.15, -0.1) is 11.3 Å². The predicted molar refractivity (Wildman–Crippen MR) is 179 cm³/mol. The average molecular weight is 686 g/mol. The van der Waals surface area contributed by atoms with Crippen molar-refractivity contribution in [1.29, 1.82) is 0 Å². The Balaban J connectivity index is 0.00000451. The van der Waals surface area contributed by atoms with Crippen molar-refractivity contribution in [2.45, 2.75) is 82.1 Å². The third-order valence-electron chi connectivity index (χ3n) is 9.53. The number of amides is 4. The lowest BCUT2D eigenvalue weighted by molar-refractivity contribution is -0.140. The Labute approximate surface area is 280 Å². The summed E-state index contributed by atoms with van der Waals surface area (Å²) in [6, 6.07) is 5.66. The summed E-state index contributed by atoms with van der Waals surface area (Å²) >= 11 is 1.47. The van der Waals surface area contributed by atoms with Crippen LogP contribution in [0, 0.1) is 31.6 Å². The van der Waals surface area contributed by atoms with Crippen LogP contribution in [0.15, 0.2) is 35.7 Å². The lowest BCUT2D eigenvalue weighted by atomic mass is 9.93. The highest BCUT2D eigenvalue weighted by Crippen LogP contribution is 2.47. The van der Waals surface area contributed by atoms with Gasteiger partial charge in [0.1, 0.15) is 16.7 Å². The van der Waals surface area contributed by atoms with Crippen molar-refractivity contribution >= 4 is 50.9 Å². The lowest BCUT2D eigenvalue weighted by Crippen LogP contribution is -2.54. The molecule has 0 spiro atoms. The van der Waals surface area contributed by atoms with Crippen LogP contribution in [0.4, 0.5) is 10.5 Å². The van der Waals surface area contributed by atoms with Crippen LogP contribution in [-0.4, -0.2) is 72.6 Å². The number of hydrogen-bond donors (Lipinski definition) is 3. The number of sulfonamides is 1. The van der Waals surface area contributed by atoms with E-state index in [-0.39, 0.29) is 32.5 Å². The Hall–Kier alpha value is -3.78. The Morgan fingerprint density at radius 1 is 1.15 bits per heavy atom. The van der Waals surface area contributed by atoms with Crippen molar-refractivity contribution in [3.63, 3.8) is 0 Å². The van der Waals surface area contributed by atoms with E-state index in [0.717, 1.165) is 41.1 Å². The molecule has 0 saturated heterocycles. The minimum atomic E-state index is -3.83. The lowest BCUT2D eigenvalue weighted by Gasteiger charge is -2.26. The molecule has 4 aliphatic rings. The van der Waals surface area contributed by atoms with E-state index < -0.39 is 56.7 Å². The summed E-state index contributed by atoms with van der Waals surface area (Å²) in [5.74, 6) is -3.55. The number of carbonyl (C=O) groups excluding carboxylic acids is 4. The molecule has 1 aromatic carbocycles. The summed E-state index contributed by atoms with van der Waals surface area (Å²) in [5.41, 5.74) is 1.67. The number of aryl methyl sites for hydroxylation is 2. The SMILES string of the molecule is Cc1ccc(-c2nc(C)cs2)c(NC(=O)O[C@@H]2C[C@H]3C(=O)N[C@]4(C(=O)NS(=O)(=O)C5CC5)C[C@H]4/C=C\CCCCN(C)C(=O)[C@@H]3C2)c1.[HH]. The number of carbonyl (C=O) groups is 4. The number of fused-ring (bicyclic) bond motifs is 2. The van der Waals surface area contributed by atoms with E-state index in [4.69, 9.17) is 4.74 Å². The van der Waals surface area contributed by atoms with Crippen LogP contribution in [0.1, 0.15) is 64.1 Å². The van der Waals surface area contributed by atoms with E-state index in [1.165, 1.54) is 11.3 Å². The first-order valence-corrected chi connectivity index (χ1v) is 18.6. The van der Waals surface area contributed by atoms with E-state index in [1.54, 1.807) is 11.9 Å². The normalized spacial score (nSPS) is 28.7. The number of aromatic nitrogens is 1. The summed E-state index contributed by atoms with van der Waals surface area (Å²) in [6.45, 7) is 4.33. The molecule has 12 nitrogen and oxygen atoms in total. The highest BCUT2D eigenvalue weighted by molar-refractivity contribution is 7.91. The number of allylic oxidation sites excluding steroid dienone is 1. The molecule has 3 saturated carbocycles. The Kier molecular flexibility index (Phi) is 9.18. The van der Waals surface area contributed by atoms with Gasteiger partial charge < -0.3 is 15.0 Å². The summed E-state index contributed by atoms with van der Waals surface area (Å²) in [5, 5.41) is 7.78. The largest absolute Gasteiger partial charge is 0.446 e. The molecule has 1 aliphatic heterocycles. The van der Waals surface area contributed by atoms with Gasteiger partial charge in [0.25, 0.3) is 5.91 Å². The van der Waals surface area contributed by atoms with Crippen molar-refractivity contribution in [2.75, 3.05) is 18.9 Å². The molecule has 2 aromatic rings. The van der Waals surface area contributed by atoms with Gasteiger partial charge in [-0.1, -0.05) is 18.2 Å². The molecule has 0 bridgehead atoms. The maximum absolute atomic E-state index is 13.9. The molecule has 4 amide bonds. The fourth-order valence-corrected chi connectivity index (χ4v) is 8.81. The molecule has 254 valence electrons. The van der Waals surface area contributed by atoms with Gasteiger partial charge in [-0.05, 0) is 82.9 Å². The second-order valence-corrected chi connectivity index (χ2v) is 16.1. The minimum absolute atomic E-state index is 0. The number of benzene rings is 1. The molecule has 3 N–H and O–H groups in total. The van der Waals surface area contributed by atoms with Gasteiger partial charge in [-0.25, -0.2) is 18.2 Å². The third-order valence-corrected chi connectivity index (χ3v) is 12.3. The van der Waals surface area contributed by atoms with Gasteiger partial charge in [-0.3, -0.25) is 24.4 Å².